The first kappa shape index (κ1) is 28.6. The summed E-state index contributed by atoms with van der Waals surface area (Å²) in [5.74, 6) is -0.855. The van der Waals surface area contributed by atoms with E-state index in [9.17, 15) is 19.1 Å². The number of aromatic nitrogens is 4. The molecule has 1 unspecified atom stereocenters. The summed E-state index contributed by atoms with van der Waals surface area (Å²) >= 11 is 6.58. The Morgan fingerprint density at radius 2 is 1.90 bits per heavy atom. The van der Waals surface area contributed by atoms with Gasteiger partial charge in [0.1, 0.15) is 29.8 Å². The van der Waals surface area contributed by atoms with Crippen LogP contribution in [-0.4, -0.2) is 58.0 Å². The molecule has 0 saturated carbocycles. The lowest BCUT2D eigenvalue weighted by Gasteiger charge is -2.17. The van der Waals surface area contributed by atoms with Crippen molar-refractivity contribution >= 4 is 28.7 Å². The highest BCUT2D eigenvalue weighted by Gasteiger charge is 2.23. The molecule has 2 aromatic heterocycles. The summed E-state index contributed by atoms with van der Waals surface area (Å²) in [6.07, 6.45) is -1.07. The van der Waals surface area contributed by atoms with Crippen LogP contribution in [0.5, 0.6) is 23.1 Å². The Balaban J connectivity index is 1.85. The molecule has 12 nitrogen and oxygen atoms in total. The number of nitrogens with one attached hydrogen (secondary N) is 1. The maximum Gasteiger partial charge on any atom is 0.344 e. The van der Waals surface area contributed by atoms with Crippen molar-refractivity contribution in [3.8, 4) is 28.8 Å². The van der Waals surface area contributed by atoms with Crippen LogP contribution in [0.3, 0.4) is 0 Å². The molecule has 0 aliphatic heterocycles. The Labute approximate surface area is 232 Å². The number of halogens is 2. The second-order valence-electron chi connectivity index (χ2n) is 8.28. The largest absolute Gasteiger partial charge is 0.496 e. The molecule has 2 N–H and O–H groups in total. The number of carbonyl (C=O) groups is 1. The molecule has 0 radical (unpaired) electrons. The number of aliphatic hydroxyl groups excluding tert-OH is 1. The third-order valence-corrected chi connectivity index (χ3v) is 5.96. The third-order valence-electron chi connectivity index (χ3n) is 5.66. The van der Waals surface area contributed by atoms with E-state index in [1.54, 1.807) is 13.0 Å². The predicted molar refractivity (Wildman–Crippen MR) is 141 cm³/mol. The highest BCUT2D eigenvalue weighted by molar-refractivity contribution is 6.32. The van der Waals surface area contributed by atoms with Crippen LogP contribution in [0.2, 0.25) is 5.02 Å². The van der Waals surface area contributed by atoms with E-state index in [2.05, 4.69) is 15.0 Å². The molecule has 14 heteroatoms. The van der Waals surface area contributed by atoms with E-state index in [1.807, 2.05) is 0 Å². The average Bonchev–Trinajstić information content (AvgIpc) is 3.26. The summed E-state index contributed by atoms with van der Waals surface area (Å²) in [4.78, 5) is 36.1. The number of benzene rings is 2. The van der Waals surface area contributed by atoms with Crippen molar-refractivity contribution < 1.29 is 38.0 Å². The number of ether oxygens (including phenoxy) is 5. The van der Waals surface area contributed by atoms with Crippen molar-refractivity contribution in [2.24, 2.45) is 0 Å². The summed E-state index contributed by atoms with van der Waals surface area (Å²) in [5, 5.41) is 10.1. The van der Waals surface area contributed by atoms with Gasteiger partial charge >= 0.3 is 11.7 Å². The van der Waals surface area contributed by atoms with Gasteiger partial charge in [-0.1, -0.05) is 17.7 Å². The molecule has 0 bridgehead atoms. The van der Waals surface area contributed by atoms with Gasteiger partial charge in [0, 0.05) is 12.1 Å². The van der Waals surface area contributed by atoms with E-state index in [0.29, 0.717) is 0 Å². The van der Waals surface area contributed by atoms with Gasteiger partial charge in [0.05, 0.1) is 37.1 Å². The number of methoxy groups -OCH3 is 2. The summed E-state index contributed by atoms with van der Waals surface area (Å²) in [5.41, 5.74) is -0.185. The lowest BCUT2D eigenvalue weighted by Crippen LogP contribution is -2.17. The van der Waals surface area contributed by atoms with Gasteiger partial charge < -0.3 is 28.8 Å². The number of carbonyl (C=O) groups excluding carboxylic acids is 1. The first-order valence-corrected chi connectivity index (χ1v) is 12.4. The quantitative estimate of drug-likeness (QED) is 0.254. The number of hydrogen-bond donors (Lipinski definition) is 2. The first-order chi connectivity index (χ1) is 19.2. The number of H-pyrrole nitrogens is 1. The SMILES string of the molecule is CCOC(=O)COc1cc(Cl)c(-n2c(=O)[nH]c3c(OC)nc(C(C)O)nc32)cc1OCc1c(F)cccc1OC. The summed E-state index contributed by atoms with van der Waals surface area (Å²) in [6, 6.07) is 7.04. The fraction of sp³-hybridized carbons (Fsp3) is 0.308. The van der Waals surface area contributed by atoms with Gasteiger partial charge in [-0.2, -0.15) is 4.98 Å². The van der Waals surface area contributed by atoms with Crippen LogP contribution < -0.4 is 24.6 Å². The molecular formula is C26H26ClFN4O8. The Morgan fingerprint density at radius 3 is 2.58 bits per heavy atom. The molecule has 40 heavy (non-hydrogen) atoms. The van der Waals surface area contributed by atoms with Crippen molar-refractivity contribution in [3.63, 3.8) is 0 Å². The zero-order valence-corrected chi connectivity index (χ0v) is 22.7. The van der Waals surface area contributed by atoms with Crippen LogP contribution in [-0.2, 0) is 16.1 Å². The molecule has 0 amide bonds. The highest BCUT2D eigenvalue weighted by atomic mass is 35.5. The topological polar surface area (TPSA) is 147 Å². The number of hydrogen-bond acceptors (Lipinski definition) is 10. The van der Waals surface area contributed by atoms with Crippen molar-refractivity contribution in [2.45, 2.75) is 26.6 Å². The van der Waals surface area contributed by atoms with Crippen LogP contribution in [0.4, 0.5) is 4.39 Å². The summed E-state index contributed by atoms with van der Waals surface area (Å²) in [6.45, 7) is 2.51. The Bertz CT molecular complexity index is 1600. The lowest BCUT2D eigenvalue weighted by molar-refractivity contribution is -0.145. The van der Waals surface area contributed by atoms with Crippen molar-refractivity contribution in [1.82, 2.24) is 19.5 Å². The van der Waals surface area contributed by atoms with Gasteiger partial charge in [0.15, 0.2) is 29.6 Å². The number of imidazole rings is 1. The minimum atomic E-state index is -1.07. The number of aliphatic hydroxyl groups is 1. The van der Waals surface area contributed by atoms with Crippen molar-refractivity contribution in [3.05, 3.63) is 63.0 Å². The van der Waals surface area contributed by atoms with E-state index >= 15 is 0 Å². The molecule has 0 fully saturated rings. The monoisotopic (exact) mass is 576 g/mol. The summed E-state index contributed by atoms with van der Waals surface area (Å²) in [7, 11) is 2.75. The van der Waals surface area contributed by atoms with Gasteiger partial charge in [0.2, 0.25) is 5.88 Å². The van der Waals surface area contributed by atoms with E-state index in [1.165, 1.54) is 45.4 Å². The zero-order valence-electron chi connectivity index (χ0n) is 22.0. The zero-order chi connectivity index (χ0) is 29.0. The molecule has 0 aliphatic rings. The van der Waals surface area contributed by atoms with E-state index in [-0.39, 0.29) is 69.6 Å². The molecule has 0 saturated heterocycles. The number of rotatable bonds is 11. The number of nitrogens with zero attached hydrogens (tertiary/aromatic N) is 3. The Morgan fingerprint density at radius 1 is 1.15 bits per heavy atom. The normalized spacial score (nSPS) is 11.8. The molecular weight excluding hydrogens is 551 g/mol. The molecule has 2 heterocycles. The molecule has 212 valence electrons. The van der Waals surface area contributed by atoms with Gasteiger partial charge in [-0.05, 0) is 26.0 Å². The second kappa shape index (κ2) is 12.2. The van der Waals surface area contributed by atoms with E-state index in [0.717, 1.165) is 4.57 Å². The number of aromatic amines is 1. The second-order valence-corrected chi connectivity index (χ2v) is 8.69. The average molecular weight is 577 g/mol. The number of fused-ring (bicyclic) bond motifs is 1. The molecule has 2 aromatic carbocycles. The van der Waals surface area contributed by atoms with Crippen LogP contribution in [0.1, 0.15) is 31.3 Å². The standard InChI is InChI=1S/C26H26ClFN4O8/c1-5-38-21(34)12-40-19-9-15(27)17(10-20(19)39-11-14-16(28)7-6-8-18(14)36-3)32-24-22(29-26(32)35)25(37-4)31-23(30-24)13(2)33/h6-10,13,33H,5,11-12H2,1-4H3,(H,29,35). The maximum atomic E-state index is 14.6. The van der Waals surface area contributed by atoms with Gasteiger partial charge in [-0.15, -0.1) is 0 Å². The van der Waals surface area contributed by atoms with Crippen molar-refractivity contribution in [2.75, 3.05) is 27.4 Å². The smallest absolute Gasteiger partial charge is 0.344 e. The number of esters is 1. The van der Waals surface area contributed by atoms with E-state index in [4.69, 9.17) is 35.3 Å². The van der Waals surface area contributed by atoms with Crippen LogP contribution in [0.15, 0.2) is 35.1 Å². The lowest BCUT2D eigenvalue weighted by atomic mass is 10.2. The van der Waals surface area contributed by atoms with Crippen LogP contribution in [0, 0.1) is 5.82 Å². The molecule has 0 aliphatic carbocycles. The fourth-order valence-electron chi connectivity index (χ4n) is 3.81. The fourth-order valence-corrected chi connectivity index (χ4v) is 4.05. The van der Waals surface area contributed by atoms with Crippen molar-refractivity contribution in [1.29, 1.82) is 0 Å². The van der Waals surface area contributed by atoms with Gasteiger partial charge in [0.25, 0.3) is 0 Å². The molecule has 1 atom stereocenters. The highest BCUT2D eigenvalue weighted by Crippen LogP contribution is 2.37. The van der Waals surface area contributed by atoms with Gasteiger partial charge in [-0.25, -0.2) is 23.5 Å². The minimum Gasteiger partial charge on any atom is -0.496 e. The molecule has 4 aromatic rings. The van der Waals surface area contributed by atoms with Crippen LogP contribution >= 0.6 is 11.6 Å². The third kappa shape index (κ3) is 5.80. The van der Waals surface area contributed by atoms with Crippen LogP contribution in [0.25, 0.3) is 16.9 Å². The first-order valence-electron chi connectivity index (χ1n) is 12.0. The van der Waals surface area contributed by atoms with E-state index < -0.39 is 30.2 Å². The maximum absolute atomic E-state index is 14.6. The minimum absolute atomic E-state index is 0.00531. The van der Waals surface area contributed by atoms with Gasteiger partial charge in [-0.3, -0.25) is 4.98 Å². The Hall–Kier alpha value is -4.36. The predicted octanol–water partition coefficient (Wildman–Crippen LogP) is 3.49. The molecule has 0 spiro atoms. The molecule has 4 rings (SSSR count). The summed E-state index contributed by atoms with van der Waals surface area (Å²) < 4.78 is 42.7. The Kier molecular flexibility index (Phi) is 8.75.